The summed E-state index contributed by atoms with van der Waals surface area (Å²) in [6.45, 7) is 3.56. The lowest BCUT2D eigenvalue weighted by atomic mass is 10.0. The van der Waals surface area contributed by atoms with E-state index in [0.29, 0.717) is 5.69 Å². The minimum atomic E-state index is -1.44. The number of H-pyrrole nitrogens is 1. The Hall–Kier alpha value is -3.13. The number of carboxylic acid groups (broad SMARTS) is 1. The van der Waals surface area contributed by atoms with E-state index in [1.165, 1.54) is 12.5 Å². The summed E-state index contributed by atoms with van der Waals surface area (Å²) < 4.78 is 0. The van der Waals surface area contributed by atoms with Crippen LogP contribution in [0.15, 0.2) is 12.5 Å². The average Bonchev–Trinajstić information content (AvgIpc) is 3.22. The topological polar surface area (TPSA) is 222 Å². The number of aromatic amines is 1. The molecule has 33 heavy (non-hydrogen) atoms. The summed E-state index contributed by atoms with van der Waals surface area (Å²) in [6.07, 6.45) is 2.66. The first kappa shape index (κ1) is 27.9. The number of nitrogens with one attached hydrogen (secondary N) is 4. The van der Waals surface area contributed by atoms with Gasteiger partial charge in [0, 0.05) is 24.1 Å². The Labute approximate surface area is 196 Å². The van der Waals surface area contributed by atoms with Gasteiger partial charge in [0.25, 0.3) is 0 Å². The highest BCUT2D eigenvalue weighted by molar-refractivity contribution is 7.80. The molecular formula is C19H31N7O6S. The van der Waals surface area contributed by atoms with Gasteiger partial charge in [0.1, 0.15) is 18.1 Å². The zero-order valence-corrected chi connectivity index (χ0v) is 19.3. The quantitative estimate of drug-likeness (QED) is 0.133. The number of nitrogens with zero attached hydrogens (tertiary/aromatic N) is 1. The molecule has 184 valence electrons. The monoisotopic (exact) mass is 485 g/mol. The summed E-state index contributed by atoms with van der Waals surface area (Å²) >= 11 is 4.05. The molecule has 14 heteroatoms. The molecule has 0 spiro atoms. The summed E-state index contributed by atoms with van der Waals surface area (Å²) in [6, 6.07) is -4.83. The molecular weight excluding hydrogens is 454 g/mol. The van der Waals surface area contributed by atoms with Crippen molar-refractivity contribution in [2.75, 3.05) is 5.75 Å². The predicted molar refractivity (Wildman–Crippen MR) is 121 cm³/mol. The van der Waals surface area contributed by atoms with E-state index in [2.05, 4.69) is 38.5 Å². The van der Waals surface area contributed by atoms with Crippen molar-refractivity contribution in [2.24, 2.45) is 17.4 Å². The SMILES string of the molecule is CC(C)CC(NC(=O)C(CC(N)=O)NC(=O)C(CS)NC(=O)C(N)Cc1cnc[nH]1)C(=O)O. The Kier molecular flexibility index (Phi) is 11.4. The maximum absolute atomic E-state index is 12.7. The van der Waals surface area contributed by atoms with Crippen LogP contribution in [0.5, 0.6) is 0 Å². The summed E-state index contributed by atoms with van der Waals surface area (Å²) in [4.78, 5) is 67.1. The first-order valence-corrected chi connectivity index (χ1v) is 10.8. The zero-order valence-electron chi connectivity index (χ0n) is 18.4. The number of carbonyl (C=O) groups excluding carboxylic acids is 4. The van der Waals surface area contributed by atoms with Gasteiger partial charge < -0.3 is 37.5 Å². The number of aromatic nitrogens is 2. The number of nitrogens with two attached hydrogens (primary N) is 2. The zero-order chi connectivity index (χ0) is 25.1. The van der Waals surface area contributed by atoms with Crippen LogP contribution in [-0.2, 0) is 30.4 Å². The first-order chi connectivity index (χ1) is 15.4. The fourth-order valence-electron chi connectivity index (χ4n) is 2.85. The summed E-state index contributed by atoms with van der Waals surface area (Å²) in [5, 5.41) is 16.4. The van der Waals surface area contributed by atoms with Crippen LogP contribution in [0.2, 0.25) is 0 Å². The van der Waals surface area contributed by atoms with Crippen LogP contribution in [-0.4, -0.2) is 74.6 Å². The lowest BCUT2D eigenvalue weighted by molar-refractivity contribution is -0.143. The molecule has 0 aliphatic carbocycles. The summed E-state index contributed by atoms with van der Waals surface area (Å²) in [5.74, 6) is -4.67. The number of carbonyl (C=O) groups is 5. The van der Waals surface area contributed by atoms with Crippen LogP contribution in [0.4, 0.5) is 0 Å². The Morgan fingerprint density at radius 2 is 1.64 bits per heavy atom. The maximum Gasteiger partial charge on any atom is 0.326 e. The number of amides is 4. The van der Waals surface area contributed by atoms with E-state index in [4.69, 9.17) is 11.5 Å². The van der Waals surface area contributed by atoms with Crippen molar-refractivity contribution >= 4 is 42.2 Å². The van der Waals surface area contributed by atoms with Crippen molar-refractivity contribution in [1.82, 2.24) is 25.9 Å². The molecule has 13 nitrogen and oxygen atoms in total. The van der Waals surface area contributed by atoms with Crippen molar-refractivity contribution < 1.29 is 29.1 Å². The van der Waals surface area contributed by atoms with Crippen LogP contribution in [0, 0.1) is 5.92 Å². The molecule has 0 saturated heterocycles. The van der Waals surface area contributed by atoms with Crippen LogP contribution in [0.1, 0.15) is 32.4 Å². The van der Waals surface area contributed by atoms with Crippen LogP contribution < -0.4 is 27.4 Å². The van der Waals surface area contributed by atoms with Crippen molar-refractivity contribution in [2.45, 2.75) is 57.3 Å². The average molecular weight is 486 g/mol. The van der Waals surface area contributed by atoms with E-state index >= 15 is 0 Å². The Morgan fingerprint density at radius 1 is 1.06 bits per heavy atom. The van der Waals surface area contributed by atoms with E-state index in [1.807, 2.05) is 0 Å². The Balaban J connectivity index is 2.82. The van der Waals surface area contributed by atoms with Crippen molar-refractivity contribution in [3.05, 3.63) is 18.2 Å². The minimum Gasteiger partial charge on any atom is -0.480 e. The standard InChI is InChI=1S/C19H31N7O6S/c1-9(2)3-13(19(31)32)25-17(29)12(5-15(21)27)24-18(30)14(7-33)26-16(28)11(20)4-10-6-22-8-23-10/h6,8-9,11-14,33H,3-5,7,20H2,1-2H3,(H2,21,27)(H,22,23)(H,24,30)(H,25,29)(H,26,28)(H,31,32). The van der Waals surface area contributed by atoms with Gasteiger partial charge in [0.05, 0.1) is 18.8 Å². The number of thiol groups is 1. The molecule has 9 N–H and O–H groups in total. The molecule has 0 radical (unpaired) electrons. The number of hydrogen-bond acceptors (Lipinski definition) is 8. The van der Waals surface area contributed by atoms with Crippen LogP contribution in [0.25, 0.3) is 0 Å². The molecule has 0 aliphatic heterocycles. The fraction of sp³-hybridized carbons (Fsp3) is 0.579. The Morgan fingerprint density at radius 3 is 2.12 bits per heavy atom. The second kappa shape index (κ2) is 13.4. The molecule has 0 fully saturated rings. The van der Waals surface area contributed by atoms with Gasteiger partial charge >= 0.3 is 5.97 Å². The third-order valence-corrected chi connectivity index (χ3v) is 4.87. The second-order valence-corrected chi connectivity index (χ2v) is 8.26. The molecule has 0 aromatic carbocycles. The fourth-order valence-corrected chi connectivity index (χ4v) is 3.10. The molecule has 0 aliphatic rings. The normalized spacial score (nSPS) is 14.6. The van der Waals surface area contributed by atoms with Gasteiger partial charge in [-0.15, -0.1) is 0 Å². The third-order valence-electron chi connectivity index (χ3n) is 4.51. The van der Waals surface area contributed by atoms with Gasteiger partial charge in [-0.1, -0.05) is 13.8 Å². The highest BCUT2D eigenvalue weighted by Crippen LogP contribution is 2.06. The maximum atomic E-state index is 12.7. The van der Waals surface area contributed by atoms with E-state index in [0.717, 1.165) is 0 Å². The molecule has 1 aromatic rings. The highest BCUT2D eigenvalue weighted by Gasteiger charge is 2.31. The molecule has 0 saturated carbocycles. The lowest BCUT2D eigenvalue weighted by Gasteiger charge is -2.24. The number of rotatable bonds is 14. The van der Waals surface area contributed by atoms with Crippen molar-refractivity contribution in [3.63, 3.8) is 0 Å². The number of hydrogen-bond donors (Lipinski definition) is 8. The number of primary amides is 1. The molecule has 1 heterocycles. The summed E-state index contributed by atoms with van der Waals surface area (Å²) in [7, 11) is 0. The smallest absolute Gasteiger partial charge is 0.326 e. The highest BCUT2D eigenvalue weighted by atomic mass is 32.1. The minimum absolute atomic E-state index is 0.0367. The van der Waals surface area contributed by atoms with Crippen molar-refractivity contribution in [1.29, 1.82) is 0 Å². The largest absolute Gasteiger partial charge is 0.480 e. The molecule has 0 bridgehead atoms. The van der Waals surface area contributed by atoms with Crippen LogP contribution in [0.3, 0.4) is 0 Å². The molecule has 1 rings (SSSR count). The van der Waals surface area contributed by atoms with E-state index in [9.17, 15) is 29.1 Å². The van der Waals surface area contributed by atoms with E-state index in [1.54, 1.807) is 13.8 Å². The van der Waals surface area contributed by atoms with Gasteiger partial charge in [-0.2, -0.15) is 12.6 Å². The van der Waals surface area contributed by atoms with E-state index in [-0.39, 0.29) is 24.5 Å². The van der Waals surface area contributed by atoms with Crippen LogP contribution >= 0.6 is 12.6 Å². The van der Waals surface area contributed by atoms with Crippen molar-refractivity contribution in [3.8, 4) is 0 Å². The first-order valence-electron chi connectivity index (χ1n) is 10.2. The third kappa shape index (κ3) is 9.91. The van der Waals surface area contributed by atoms with Gasteiger partial charge in [-0.25, -0.2) is 9.78 Å². The van der Waals surface area contributed by atoms with Gasteiger partial charge in [-0.05, 0) is 12.3 Å². The molecule has 4 unspecified atom stereocenters. The van der Waals surface area contributed by atoms with Gasteiger partial charge in [0.2, 0.25) is 23.6 Å². The van der Waals surface area contributed by atoms with Gasteiger partial charge in [-0.3, -0.25) is 19.2 Å². The lowest BCUT2D eigenvalue weighted by Crippen LogP contribution is -2.58. The summed E-state index contributed by atoms with van der Waals surface area (Å²) in [5.41, 5.74) is 11.7. The molecule has 4 atom stereocenters. The second-order valence-electron chi connectivity index (χ2n) is 7.89. The van der Waals surface area contributed by atoms with Gasteiger partial charge in [0.15, 0.2) is 0 Å². The van der Waals surface area contributed by atoms with E-state index < -0.39 is 60.2 Å². The Bertz CT molecular complexity index is 833. The molecule has 1 aromatic heterocycles. The molecule has 4 amide bonds. The number of imidazole rings is 1. The number of aliphatic carboxylic acids is 1. The number of carboxylic acids is 1. The predicted octanol–water partition coefficient (Wildman–Crippen LogP) is -2.33.